The molecule has 1 amide bonds. The number of hydrogen-bond acceptors (Lipinski definition) is 6. The fourth-order valence-corrected chi connectivity index (χ4v) is 3.56. The number of amides is 1. The van der Waals surface area contributed by atoms with Crippen LogP contribution in [0.5, 0.6) is 0 Å². The lowest BCUT2D eigenvalue weighted by atomic mass is 10.1. The lowest BCUT2D eigenvalue weighted by molar-refractivity contribution is -0.146. The SMILES string of the molecule is CC(C)c1cc(C(=O)OCC(=O)N2C[C@H](C)O[C@@H](C)C2)c2cnn(C(C)C)c2n1. The topological polar surface area (TPSA) is 86.5 Å². The zero-order valence-electron chi connectivity index (χ0n) is 18.0. The van der Waals surface area contributed by atoms with Gasteiger partial charge < -0.3 is 14.4 Å². The van der Waals surface area contributed by atoms with Gasteiger partial charge in [0.05, 0.1) is 29.4 Å². The Morgan fingerprint density at radius 3 is 2.45 bits per heavy atom. The van der Waals surface area contributed by atoms with E-state index in [0.717, 1.165) is 5.69 Å². The number of esters is 1. The van der Waals surface area contributed by atoms with Crippen LogP contribution in [0.25, 0.3) is 11.0 Å². The van der Waals surface area contributed by atoms with Crippen molar-refractivity contribution in [3.05, 3.63) is 23.5 Å². The summed E-state index contributed by atoms with van der Waals surface area (Å²) in [5.74, 6) is -0.614. The highest BCUT2D eigenvalue weighted by Crippen LogP contribution is 2.25. The summed E-state index contributed by atoms with van der Waals surface area (Å²) >= 11 is 0. The summed E-state index contributed by atoms with van der Waals surface area (Å²) in [6.45, 7) is 12.6. The fraction of sp³-hybridized carbons (Fsp3) is 0.619. The van der Waals surface area contributed by atoms with Gasteiger partial charge in [0.2, 0.25) is 0 Å². The Morgan fingerprint density at radius 2 is 1.86 bits per heavy atom. The minimum absolute atomic E-state index is 0.0336. The van der Waals surface area contributed by atoms with Gasteiger partial charge in [-0.3, -0.25) is 4.79 Å². The van der Waals surface area contributed by atoms with E-state index in [1.807, 2.05) is 41.5 Å². The first-order valence-electron chi connectivity index (χ1n) is 10.2. The molecular formula is C21H30N4O4. The fourth-order valence-electron chi connectivity index (χ4n) is 3.56. The van der Waals surface area contributed by atoms with Crippen molar-refractivity contribution in [3.8, 4) is 0 Å². The molecule has 0 spiro atoms. The van der Waals surface area contributed by atoms with Crippen molar-refractivity contribution in [3.63, 3.8) is 0 Å². The molecule has 0 N–H and O–H groups in total. The van der Waals surface area contributed by atoms with Gasteiger partial charge in [-0.15, -0.1) is 0 Å². The van der Waals surface area contributed by atoms with E-state index < -0.39 is 5.97 Å². The predicted molar refractivity (Wildman–Crippen MR) is 109 cm³/mol. The third-order valence-corrected chi connectivity index (χ3v) is 4.99. The van der Waals surface area contributed by atoms with Gasteiger partial charge in [0.15, 0.2) is 12.3 Å². The molecule has 2 aromatic rings. The highest BCUT2D eigenvalue weighted by molar-refractivity contribution is 6.03. The summed E-state index contributed by atoms with van der Waals surface area (Å²) in [7, 11) is 0. The molecule has 8 nitrogen and oxygen atoms in total. The van der Waals surface area contributed by atoms with Crippen LogP contribution in [0.15, 0.2) is 12.3 Å². The maximum atomic E-state index is 12.8. The first kappa shape index (κ1) is 21.2. The van der Waals surface area contributed by atoms with Gasteiger partial charge in [-0.25, -0.2) is 14.5 Å². The molecule has 2 atom stereocenters. The van der Waals surface area contributed by atoms with Gasteiger partial charge >= 0.3 is 5.97 Å². The molecule has 29 heavy (non-hydrogen) atoms. The third kappa shape index (κ3) is 4.58. The summed E-state index contributed by atoms with van der Waals surface area (Å²) in [5, 5.41) is 5.01. The van der Waals surface area contributed by atoms with Gasteiger partial charge in [-0.05, 0) is 39.7 Å². The van der Waals surface area contributed by atoms with Crippen LogP contribution in [0.4, 0.5) is 0 Å². The van der Waals surface area contributed by atoms with E-state index in [-0.39, 0.29) is 36.7 Å². The monoisotopic (exact) mass is 402 g/mol. The van der Waals surface area contributed by atoms with Crippen LogP contribution < -0.4 is 0 Å². The van der Waals surface area contributed by atoms with Gasteiger partial charge in [0, 0.05) is 24.8 Å². The second-order valence-electron chi connectivity index (χ2n) is 8.30. The highest BCUT2D eigenvalue weighted by Gasteiger charge is 2.27. The van der Waals surface area contributed by atoms with Crippen molar-refractivity contribution in [2.24, 2.45) is 0 Å². The number of morpholine rings is 1. The molecule has 0 aliphatic carbocycles. The molecule has 3 rings (SSSR count). The smallest absolute Gasteiger partial charge is 0.339 e. The van der Waals surface area contributed by atoms with Gasteiger partial charge in [-0.1, -0.05) is 13.8 Å². The average Bonchev–Trinajstić information content (AvgIpc) is 3.08. The van der Waals surface area contributed by atoms with Crippen LogP contribution in [0.3, 0.4) is 0 Å². The predicted octanol–water partition coefficient (Wildman–Crippen LogP) is 2.93. The summed E-state index contributed by atoms with van der Waals surface area (Å²) in [4.78, 5) is 31.7. The zero-order valence-corrected chi connectivity index (χ0v) is 18.0. The van der Waals surface area contributed by atoms with Crippen molar-refractivity contribution in [2.45, 2.75) is 65.7 Å². The Hall–Kier alpha value is -2.48. The maximum absolute atomic E-state index is 12.8. The van der Waals surface area contributed by atoms with E-state index in [1.54, 1.807) is 21.8 Å². The number of aromatic nitrogens is 3. The van der Waals surface area contributed by atoms with E-state index in [9.17, 15) is 9.59 Å². The van der Waals surface area contributed by atoms with Crippen LogP contribution in [-0.2, 0) is 14.3 Å². The van der Waals surface area contributed by atoms with Crippen molar-refractivity contribution in [1.29, 1.82) is 0 Å². The molecule has 0 saturated carbocycles. The normalized spacial score (nSPS) is 19.9. The Labute approximate surface area is 171 Å². The summed E-state index contributed by atoms with van der Waals surface area (Å²) < 4.78 is 12.8. The third-order valence-electron chi connectivity index (χ3n) is 4.99. The van der Waals surface area contributed by atoms with Crippen LogP contribution >= 0.6 is 0 Å². The molecule has 3 heterocycles. The largest absolute Gasteiger partial charge is 0.452 e. The molecular weight excluding hydrogens is 372 g/mol. The summed E-state index contributed by atoms with van der Waals surface area (Å²) in [6.07, 6.45) is 1.57. The summed E-state index contributed by atoms with van der Waals surface area (Å²) in [5.41, 5.74) is 1.83. The van der Waals surface area contributed by atoms with E-state index in [4.69, 9.17) is 9.47 Å². The molecule has 158 valence electrons. The van der Waals surface area contributed by atoms with Crippen LogP contribution in [0, 0.1) is 0 Å². The highest BCUT2D eigenvalue weighted by atomic mass is 16.5. The van der Waals surface area contributed by atoms with Crippen molar-refractivity contribution in [1.82, 2.24) is 19.7 Å². The van der Waals surface area contributed by atoms with Crippen molar-refractivity contribution < 1.29 is 19.1 Å². The molecule has 1 saturated heterocycles. The molecule has 0 bridgehead atoms. The molecule has 1 aliphatic rings. The van der Waals surface area contributed by atoms with E-state index in [2.05, 4.69) is 10.1 Å². The number of hydrogen-bond donors (Lipinski definition) is 0. The standard InChI is InChI=1S/C21H30N4O4/c1-12(2)18-7-16(17-8-22-25(13(3)4)20(17)23-18)21(27)28-11-19(26)24-9-14(5)29-15(6)10-24/h7-8,12-15H,9-11H2,1-6H3/t14-,15-/m0/s1. The second-order valence-corrected chi connectivity index (χ2v) is 8.30. The lowest BCUT2D eigenvalue weighted by Crippen LogP contribution is -2.49. The Morgan fingerprint density at radius 1 is 1.21 bits per heavy atom. The van der Waals surface area contributed by atoms with Crippen LogP contribution in [0.1, 0.15) is 69.6 Å². The quantitative estimate of drug-likeness (QED) is 0.715. The molecule has 1 aliphatic heterocycles. The number of carbonyl (C=O) groups excluding carboxylic acids is 2. The maximum Gasteiger partial charge on any atom is 0.339 e. The number of rotatable bonds is 5. The van der Waals surface area contributed by atoms with E-state index in [1.165, 1.54) is 0 Å². The Kier molecular flexibility index (Phi) is 6.21. The van der Waals surface area contributed by atoms with Crippen LogP contribution in [-0.4, -0.2) is 63.4 Å². The van der Waals surface area contributed by atoms with Gasteiger partial charge in [0.25, 0.3) is 5.91 Å². The number of ether oxygens (including phenoxy) is 2. The lowest BCUT2D eigenvalue weighted by Gasteiger charge is -2.35. The first-order chi connectivity index (χ1) is 13.7. The number of carbonyl (C=O) groups is 2. The molecule has 0 unspecified atom stereocenters. The molecule has 8 heteroatoms. The van der Waals surface area contributed by atoms with E-state index >= 15 is 0 Å². The van der Waals surface area contributed by atoms with Crippen molar-refractivity contribution in [2.75, 3.05) is 19.7 Å². The molecule has 0 radical (unpaired) electrons. The first-order valence-corrected chi connectivity index (χ1v) is 10.2. The van der Waals surface area contributed by atoms with Gasteiger partial charge in [0.1, 0.15) is 0 Å². The minimum Gasteiger partial charge on any atom is -0.452 e. The Balaban J connectivity index is 1.80. The molecule has 1 fully saturated rings. The molecule has 2 aromatic heterocycles. The van der Waals surface area contributed by atoms with Crippen molar-refractivity contribution >= 4 is 22.9 Å². The molecule has 0 aromatic carbocycles. The average molecular weight is 402 g/mol. The number of nitrogens with zero attached hydrogens (tertiary/aromatic N) is 4. The number of fused-ring (bicyclic) bond motifs is 1. The summed E-state index contributed by atoms with van der Waals surface area (Å²) in [6, 6.07) is 1.85. The van der Waals surface area contributed by atoms with Crippen LogP contribution in [0.2, 0.25) is 0 Å². The van der Waals surface area contributed by atoms with E-state index in [0.29, 0.717) is 29.7 Å². The number of pyridine rings is 1. The minimum atomic E-state index is -0.537. The zero-order chi connectivity index (χ0) is 21.3. The Bertz CT molecular complexity index is 895. The second kappa shape index (κ2) is 8.49. The van der Waals surface area contributed by atoms with Gasteiger partial charge in [-0.2, -0.15) is 5.10 Å².